The number of nitrogens with one attached hydrogen (secondary N) is 1. The minimum Gasteiger partial charge on any atom is -0.478 e. The summed E-state index contributed by atoms with van der Waals surface area (Å²) >= 11 is 9.87. The molecule has 0 amide bonds. The average molecular weight is 305 g/mol. The molecule has 2 N–H and O–H groups in total. The molecule has 1 atom stereocenters. The van der Waals surface area contributed by atoms with Crippen molar-refractivity contribution in [3.05, 3.63) is 22.8 Å². The molecule has 2 heterocycles. The Kier molecular flexibility index (Phi) is 5.03. The van der Waals surface area contributed by atoms with Gasteiger partial charge in [-0.3, -0.25) is 0 Å². The lowest BCUT2D eigenvalue weighted by atomic mass is 10.2. The number of carboxylic acids is 1. The van der Waals surface area contributed by atoms with Gasteiger partial charge in [0.05, 0.1) is 10.6 Å². The fourth-order valence-electron chi connectivity index (χ4n) is 1.60. The second-order valence-electron chi connectivity index (χ2n) is 3.77. The van der Waals surface area contributed by atoms with Crippen molar-refractivity contribution >= 4 is 46.9 Å². The van der Waals surface area contributed by atoms with Crippen molar-refractivity contribution < 1.29 is 9.90 Å². The van der Waals surface area contributed by atoms with Gasteiger partial charge in [0.15, 0.2) is 0 Å². The monoisotopic (exact) mass is 304 g/mol. The third-order valence-electron chi connectivity index (χ3n) is 2.50. The molecule has 1 saturated heterocycles. The zero-order valence-corrected chi connectivity index (χ0v) is 11.9. The Morgan fingerprint density at radius 3 is 3.11 bits per heavy atom. The Hall–Kier alpha value is -0.590. The van der Waals surface area contributed by atoms with Crippen molar-refractivity contribution in [2.75, 3.05) is 29.1 Å². The lowest BCUT2D eigenvalue weighted by Gasteiger charge is -2.21. The first-order valence-corrected chi connectivity index (χ1v) is 8.07. The molecule has 0 bridgehead atoms. The molecule has 2 rings (SSSR count). The van der Waals surface area contributed by atoms with Crippen molar-refractivity contribution in [3.63, 3.8) is 0 Å². The van der Waals surface area contributed by atoms with E-state index in [0.717, 1.165) is 18.1 Å². The smallest absolute Gasteiger partial charge is 0.337 e. The third kappa shape index (κ3) is 3.46. The molecule has 1 fully saturated rings. The molecule has 0 aromatic carbocycles. The standard InChI is InChI=1S/C11H13ClN2O2S2/c12-9-8(11(15)16)1-2-13-10(9)14-5-7-6-17-3-4-18-7/h1-2,7H,3-6H2,(H,13,14)(H,15,16). The van der Waals surface area contributed by atoms with Crippen molar-refractivity contribution in [2.45, 2.75) is 5.25 Å². The molecular weight excluding hydrogens is 292 g/mol. The minimum atomic E-state index is -1.03. The Labute approximate surface area is 119 Å². The molecule has 0 spiro atoms. The van der Waals surface area contributed by atoms with Gasteiger partial charge < -0.3 is 10.4 Å². The zero-order valence-electron chi connectivity index (χ0n) is 9.56. The molecule has 0 aliphatic carbocycles. The number of hydrogen-bond donors (Lipinski definition) is 2. The van der Waals surface area contributed by atoms with Gasteiger partial charge in [0, 0.05) is 35.3 Å². The number of aromatic nitrogens is 1. The quantitative estimate of drug-likeness (QED) is 0.892. The number of aromatic carboxylic acids is 1. The van der Waals surface area contributed by atoms with Gasteiger partial charge in [-0.1, -0.05) is 11.6 Å². The maximum absolute atomic E-state index is 10.9. The average Bonchev–Trinajstić information content (AvgIpc) is 2.38. The predicted molar refractivity (Wildman–Crippen MR) is 78.3 cm³/mol. The maximum atomic E-state index is 10.9. The van der Waals surface area contributed by atoms with Gasteiger partial charge in [-0.25, -0.2) is 9.78 Å². The van der Waals surface area contributed by atoms with Crippen LogP contribution in [0.4, 0.5) is 5.82 Å². The van der Waals surface area contributed by atoms with Crippen LogP contribution in [0, 0.1) is 0 Å². The molecule has 1 aromatic heterocycles. The Balaban J connectivity index is 2.00. The van der Waals surface area contributed by atoms with Gasteiger partial charge in [0.25, 0.3) is 0 Å². The van der Waals surface area contributed by atoms with Crippen LogP contribution in [0.1, 0.15) is 10.4 Å². The van der Waals surface area contributed by atoms with Crippen LogP contribution in [0.3, 0.4) is 0 Å². The van der Waals surface area contributed by atoms with E-state index in [4.69, 9.17) is 16.7 Å². The highest BCUT2D eigenvalue weighted by Gasteiger charge is 2.17. The molecule has 1 aromatic rings. The second-order valence-corrected chi connectivity index (χ2v) is 6.71. The molecule has 1 unspecified atom stereocenters. The van der Waals surface area contributed by atoms with E-state index in [-0.39, 0.29) is 10.6 Å². The van der Waals surface area contributed by atoms with E-state index in [1.807, 2.05) is 23.5 Å². The van der Waals surface area contributed by atoms with E-state index in [1.54, 1.807) is 0 Å². The minimum absolute atomic E-state index is 0.0832. The van der Waals surface area contributed by atoms with Crippen molar-refractivity contribution in [1.82, 2.24) is 4.98 Å². The van der Waals surface area contributed by atoms with Gasteiger partial charge in [0.1, 0.15) is 5.82 Å². The summed E-state index contributed by atoms with van der Waals surface area (Å²) in [5.41, 5.74) is 0.0832. The Morgan fingerprint density at radius 2 is 2.44 bits per heavy atom. The number of pyridine rings is 1. The molecular formula is C11H13ClN2O2S2. The fraction of sp³-hybridized carbons (Fsp3) is 0.455. The van der Waals surface area contributed by atoms with Crippen molar-refractivity contribution in [1.29, 1.82) is 0 Å². The Bertz CT molecular complexity index is 439. The van der Waals surface area contributed by atoms with Crippen LogP contribution in [-0.4, -0.2) is 45.1 Å². The SMILES string of the molecule is O=C(O)c1ccnc(NCC2CSCCS2)c1Cl. The molecule has 1 aliphatic rings. The number of halogens is 1. The molecule has 7 heteroatoms. The summed E-state index contributed by atoms with van der Waals surface area (Å²) in [6, 6.07) is 1.40. The predicted octanol–water partition coefficient (Wildman–Crippen LogP) is 2.69. The van der Waals surface area contributed by atoms with E-state index in [2.05, 4.69) is 10.3 Å². The molecule has 0 saturated carbocycles. The van der Waals surface area contributed by atoms with E-state index < -0.39 is 5.97 Å². The van der Waals surface area contributed by atoms with Crippen LogP contribution in [0.25, 0.3) is 0 Å². The van der Waals surface area contributed by atoms with E-state index in [0.29, 0.717) is 11.1 Å². The van der Waals surface area contributed by atoms with Gasteiger partial charge in [0.2, 0.25) is 0 Å². The number of anilines is 1. The van der Waals surface area contributed by atoms with Crippen LogP contribution in [0.2, 0.25) is 5.02 Å². The second kappa shape index (κ2) is 6.54. The summed E-state index contributed by atoms with van der Waals surface area (Å²) in [5, 5.41) is 12.8. The lowest BCUT2D eigenvalue weighted by molar-refractivity contribution is 0.0697. The lowest BCUT2D eigenvalue weighted by Crippen LogP contribution is -2.23. The van der Waals surface area contributed by atoms with Crippen LogP contribution < -0.4 is 5.32 Å². The number of carbonyl (C=O) groups is 1. The number of hydrogen-bond acceptors (Lipinski definition) is 5. The zero-order chi connectivity index (χ0) is 13.0. The topological polar surface area (TPSA) is 62.2 Å². The first-order chi connectivity index (χ1) is 8.68. The summed E-state index contributed by atoms with van der Waals surface area (Å²) in [5.74, 6) is 2.89. The largest absolute Gasteiger partial charge is 0.478 e. The fourth-order valence-corrected chi connectivity index (χ4v) is 4.47. The van der Waals surface area contributed by atoms with E-state index >= 15 is 0 Å². The van der Waals surface area contributed by atoms with Gasteiger partial charge in [-0.05, 0) is 6.07 Å². The van der Waals surface area contributed by atoms with E-state index in [9.17, 15) is 4.79 Å². The number of nitrogens with zero attached hydrogens (tertiary/aromatic N) is 1. The van der Waals surface area contributed by atoms with Crippen molar-refractivity contribution in [3.8, 4) is 0 Å². The van der Waals surface area contributed by atoms with Crippen LogP contribution in [0.5, 0.6) is 0 Å². The summed E-state index contributed by atoms with van der Waals surface area (Å²) in [4.78, 5) is 15.0. The summed E-state index contributed by atoms with van der Waals surface area (Å²) in [7, 11) is 0. The first kappa shape index (κ1) is 13.8. The Morgan fingerprint density at radius 1 is 1.61 bits per heavy atom. The van der Waals surface area contributed by atoms with Gasteiger partial charge in [-0.15, -0.1) is 0 Å². The summed E-state index contributed by atoms with van der Waals surface area (Å²) in [6.45, 7) is 0.757. The highest BCUT2D eigenvalue weighted by atomic mass is 35.5. The number of rotatable bonds is 4. The van der Waals surface area contributed by atoms with E-state index in [1.165, 1.54) is 18.0 Å². The van der Waals surface area contributed by atoms with Crippen LogP contribution in [-0.2, 0) is 0 Å². The normalized spacial score (nSPS) is 19.5. The molecule has 4 nitrogen and oxygen atoms in total. The van der Waals surface area contributed by atoms with Crippen LogP contribution >= 0.6 is 35.1 Å². The van der Waals surface area contributed by atoms with Gasteiger partial charge in [-0.2, -0.15) is 23.5 Å². The molecule has 0 radical (unpaired) electrons. The third-order valence-corrected chi connectivity index (χ3v) is 5.73. The first-order valence-electron chi connectivity index (χ1n) is 5.49. The maximum Gasteiger partial charge on any atom is 0.337 e. The molecule has 18 heavy (non-hydrogen) atoms. The van der Waals surface area contributed by atoms with Gasteiger partial charge >= 0.3 is 5.97 Å². The number of thioether (sulfide) groups is 2. The molecule has 1 aliphatic heterocycles. The highest BCUT2D eigenvalue weighted by molar-refractivity contribution is 8.06. The van der Waals surface area contributed by atoms with Crippen molar-refractivity contribution in [2.24, 2.45) is 0 Å². The highest BCUT2D eigenvalue weighted by Crippen LogP contribution is 2.27. The molecule has 98 valence electrons. The van der Waals surface area contributed by atoms with Crippen LogP contribution in [0.15, 0.2) is 12.3 Å². The number of carboxylic acid groups (broad SMARTS) is 1. The summed E-state index contributed by atoms with van der Waals surface area (Å²) < 4.78 is 0. The summed E-state index contributed by atoms with van der Waals surface area (Å²) in [6.07, 6.45) is 1.46.